The second kappa shape index (κ2) is 5.27. The molecule has 0 saturated carbocycles. The summed E-state index contributed by atoms with van der Waals surface area (Å²) in [5, 5.41) is 3.02. The Bertz CT molecular complexity index is 549. The summed E-state index contributed by atoms with van der Waals surface area (Å²) in [6, 6.07) is 4.22. The van der Waals surface area contributed by atoms with Gasteiger partial charge in [0.15, 0.2) is 11.6 Å². The van der Waals surface area contributed by atoms with E-state index in [1.807, 2.05) is 18.5 Å². The van der Waals surface area contributed by atoms with Gasteiger partial charge in [0, 0.05) is 18.3 Å². The minimum Gasteiger partial charge on any atom is -0.326 e. The number of halogens is 2. The van der Waals surface area contributed by atoms with E-state index >= 15 is 0 Å². The molecule has 0 spiro atoms. The molecule has 0 aliphatic heterocycles. The number of hydrogen-bond acceptors (Lipinski definition) is 2. The van der Waals surface area contributed by atoms with Crippen LogP contribution < -0.4 is 5.32 Å². The number of aryl methyl sites for hydroxylation is 1. The third-order valence-corrected chi connectivity index (χ3v) is 2.86. The van der Waals surface area contributed by atoms with Crippen molar-refractivity contribution in [3.8, 4) is 0 Å². The molecule has 96 valence electrons. The van der Waals surface area contributed by atoms with Gasteiger partial charge in [0.25, 0.3) is 0 Å². The Hall–Kier alpha value is -1.75. The molecule has 3 nitrogen and oxygen atoms in total. The van der Waals surface area contributed by atoms with Crippen LogP contribution in [0.1, 0.15) is 17.1 Å². The molecule has 0 bridgehead atoms. The van der Waals surface area contributed by atoms with Gasteiger partial charge < -0.3 is 9.88 Å². The summed E-state index contributed by atoms with van der Waals surface area (Å²) < 4.78 is 28.6. The van der Waals surface area contributed by atoms with Gasteiger partial charge in [0.1, 0.15) is 5.82 Å². The summed E-state index contributed by atoms with van der Waals surface area (Å²) in [5.74, 6) is -0.828. The Kier molecular flexibility index (Phi) is 3.72. The Morgan fingerprint density at radius 2 is 2.11 bits per heavy atom. The maximum Gasteiger partial charge on any atom is 0.163 e. The van der Waals surface area contributed by atoms with Crippen molar-refractivity contribution < 1.29 is 8.78 Å². The molecule has 0 atom stereocenters. The maximum absolute atomic E-state index is 13.6. The lowest BCUT2D eigenvalue weighted by atomic mass is 10.2. The third kappa shape index (κ3) is 2.41. The molecule has 5 heteroatoms. The summed E-state index contributed by atoms with van der Waals surface area (Å²) >= 11 is 0. The molecular formula is C13H15F2N3. The topological polar surface area (TPSA) is 29.9 Å². The second-order valence-electron chi connectivity index (χ2n) is 4.13. The Morgan fingerprint density at radius 3 is 2.83 bits per heavy atom. The van der Waals surface area contributed by atoms with Crippen LogP contribution in [0.5, 0.6) is 0 Å². The zero-order chi connectivity index (χ0) is 13.1. The summed E-state index contributed by atoms with van der Waals surface area (Å²) in [6.07, 6.45) is 1.74. The van der Waals surface area contributed by atoms with E-state index in [2.05, 4.69) is 10.3 Å². The molecule has 1 heterocycles. The first-order chi connectivity index (χ1) is 8.63. The summed E-state index contributed by atoms with van der Waals surface area (Å²) in [4.78, 5) is 4.19. The molecule has 0 saturated heterocycles. The van der Waals surface area contributed by atoms with Crippen LogP contribution in [0.3, 0.4) is 0 Å². The Morgan fingerprint density at radius 1 is 1.33 bits per heavy atom. The van der Waals surface area contributed by atoms with Crippen molar-refractivity contribution in [2.45, 2.75) is 20.0 Å². The van der Waals surface area contributed by atoms with Gasteiger partial charge in [-0.1, -0.05) is 12.1 Å². The van der Waals surface area contributed by atoms with Gasteiger partial charge >= 0.3 is 0 Å². The van der Waals surface area contributed by atoms with Crippen LogP contribution in [0.2, 0.25) is 0 Å². The first-order valence-electron chi connectivity index (χ1n) is 5.72. The fraction of sp³-hybridized carbons (Fsp3) is 0.308. The lowest BCUT2D eigenvalue weighted by Crippen LogP contribution is -2.13. The van der Waals surface area contributed by atoms with Gasteiger partial charge in [0.05, 0.1) is 12.2 Å². The highest BCUT2D eigenvalue weighted by atomic mass is 19.2. The highest BCUT2D eigenvalue weighted by Gasteiger charge is 2.11. The van der Waals surface area contributed by atoms with Crippen LogP contribution in [0.15, 0.2) is 24.4 Å². The zero-order valence-electron chi connectivity index (χ0n) is 10.4. The predicted molar refractivity (Wildman–Crippen MR) is 65.2 cm³/mol. The summed E-state index contributed by atoms with van der Waals surface area (Å²) in [6.45, 7) is 2.76. The number of benzene rings is 1. The monoisotopic (exact) mass is 251 g/mol. The number of hydrogen-bond donors (Lipinski definition) is 1. The van der Waals surface area contributed by atoms with Gasteiger partial charge in [0.2, 0.25) is 0 Å². The van der Waals surface area contributed by atoms with Gasteiger partial charge in [-0.25, -0.2) is 13.8 Å². The standard InChI is InChI=1S/C13H15F2N3/c1-9-17-7-11(6-16-2)18(9)8-10-4-3-5-12(14)13(10)15/h3-5,7,16H,6,8H2,1-2H3. The molecule has 18 heavy (non-hydrogen) atoms. The normalized spacial score (nSPS) is 10.9. The minimum absolute atomic E-state index is 0.284. The molecule has 0 aliphatic carbocycles. The van der Waals surface area contributed by atoms with Crippen LogP contribution in [0, 0.1) is 18.6 Å². The molecular weight excluding hydrogens is 236 g/mol. The van der Waals surface area contributed by atoms with Crippen LogP contribution >= 0.6 is 0 Å². The quantitative estimate of drug-likeness (QED) is 0.903. The zero-order valence-corrected chi connectivity index (χ0v) is 10.4. The smallest absolute Gasteiger partial charge is 0.163 e. The van der Waals surface area contributed by atoms with Crippen LogP contribution in [-0.2, 0) is 13.1 Å². The Labute approximate surface area is 104 Å². The molecule has 0 aliphatic rings. The van der Waals surface area contributed by atoms with Gasteiger partial charge in [-0.05, 0) is 20.0 Å². The molecule has 1 aromatic carbocycles. The molecule has 0 amide bonds. The average molecular weight is 251 g/mol. The fourth-order valence-electron chi connectivity index (χ4n) is 1.89. The lowest BCUT2D eigenvalue weighted by molar-refractivity contribution is 0.493. The van der Waals surface area contributed by atoms with E-state index in [-0.39, 0.29) is 6.54 Å². The van der Waals surface area contributed by atoms with E-state index in [0.29, 0.717) is 12.1 Å². The summed E-state index contributed by atoms with van der Waals surface area (Å²) in [5.41, 5.74) is 1.27. The van der Waals surface area contributed by atoms with Crippen LogP contribution in [0.25, 0.3) is 0 Å². The first kappa shape index (κ1) is 12.7. The number of imidazole rings is 1. The van der Waals surface area contributed by atoms with E-state index in [0.717, 1.165) is 17.6 Å². The van der Waals surface area contributed by atoms with E-state index < -0.39 is 11.6 Å². The molecule has 0 radical (unpaired) electrons. The van der Waals surface area contributed by atoms with Gasteiger partial charge in [-0.15, -0.1) is 0 Å². The molecule has 0 unspecified atom stereocenters. The molecule has 2 rings (SSSR count). The number of nitrogens with one attached hydrogen (secondary N) is 1. The SMILES string of the molecule is CNCc1cnc(C)n1Cc1cccc(F)c1F. The minimum atomic E-state index is -0.819. The van der Waals surface area contributed by atoms with Gasteiger partial charge in [-0.3, -0.25) is 0 Å². The van der Waals surface area contributed by atoms with Crippen molar-refractivity contribution in [2.75, 3.05) is 7.05 Å². The third-order valence-electron chi connectivity index (χ3n) is 2.86. The van der Waals surface area contributed by atoms with Crippen LogP contribution in [0.4, 0.5) is 8.78 Å². The highest BCUT2D eigenvalue weighted by molar-refractivity contribution is 5.21. The second-order valence-corrected chi connectivity index (χ2v) is 4.13. The maximum atomic E-state index is 13.6. The van der Waals surface area contributed by atoms with Crippen molar-refractivity contribution >= 4 is 0 Å². The van der Waals surface area contributed by atoms with E-state index in [1.165, 1.54) is 6.07 Å². The Balaban J connectivity index is 2.33. The average Bonchev–Trinajstić information content (AvgIpc) is 2.68. The molecule has 1 N–H and O–H groups in total. The van der Waals surface area contributed by atoms with Crippen molar-refractivity contribution in [2.24, 2.45) is 0 Å². The van der Waals surface area contributed by atoms with Crippen molar-refractivity contribution in [1.82, 2.24) is 14.9 Å². The molecule has 1 aromatic heterocycles. The number of rotatable bonds is 4. The lowest BCUT2D eigenvalue weighted by Gasteiger charge is -2.11. The first-order valence-corrected chi connectivity index (χ1v) is 5.72. The van der Waals surface area contributed by atoms with Gasteiger partial charge in [-0.2, -0.15) is 0 Å². The van der Waals surface area contributed by atoms with E-state index in [1.54, 1.807) is 12.3 Å². The van der Waals surface area contributed by atoms with Crippen molar-refractivity contribution in [3.05, 3.63) is 53.1 Å². The van der Waals surface area contributed by atoms with Crippen molar-refractivity contribution in [1.29, 1.82) is 0 Å². The number of nitrogens with zero attached hydrogens (tertiary/aromatic N) is 2. The number of aromatic nitrogens is 2. The highest BCUT2D eigenvalue weighted by Crippen LogP contribution is 2.15. The molecule has 2 aromatic rings. The molecule has 0 fully saturated rings. The van der Waals surface area contributed by atoms with E-state index in [9.17, 15) is 8.78 Å². The van der Waals surface area contributed by atoms with Crippen molar-refractivity contribution in [3.63, 3.8) is 0 Å². The predicted octanol–water partition coefficient (Wildman–Crippen LogP) is 2.24. The largest absolute Gasteiger partial charge is 0.326 e. The fourth-order valence-corrected chi connectivity index (χ4v) is 1.89. The summed E-state index contributed by atoms with van der Waals surface area (Å²) in [7, 11) is 1.83. The van der Waals surface area contributed by atoms with E-state index in [4.69, 9.17) is 0 Å². The van der Waals surface area contributed by atoms with Crippen LogP contribution in [-0.4, -0.2) is 16.6 Å².